The number of anilines is 2. The minimum absolute atomic E-state index is 0.0954. The van der Waals surface area contributed by atoms with E-state index in [0.717, 1.165) is 5.75 Å². The van der Waals surface area contributed by atoms with Crippen LogP contribution >= 0.6 is 0 Å². The van der Waals surface area contributed by atoms with Crippen LogP contribution in [0, 0.1) is 10.1 Å². The molecule has 1 heterocycles. The molecule has 0 aliphatic carbocycles. The highest BCUT2D eigenvalue weighted by atomic mass is 16.6. The molecule has 34 heavy (non-hydrogen) atoms. The van der Waals surface area contributed by atoms with Gasteiger partial charge in [0, 0.05) is 29.9 Å². The number of nitro groups is 1. The van der Waals surface area contributed by atoms with Crippen LogP contribution in [-0.2, 0) is 4.79 Å². The van der Waals surface area contributed by atoms with E-state index in [4.69, 9.17) is 9.47 Å². The van der Waals surface area contributed by atoms with E-state index in [1.165, 1.54) is 24.3 Å². The Morgan fingerprint density at radius 1 is 1.12 bits per heavy atom. The summed E-state index contributed by atoms with van der Waals surface area (Å²) >= 11 is 0. The minimum Gasteiger partial charge on any atom is -0.494 e. The number of carbonyl (C=O) groups excluding carboxylic acids is 2. The van der Waals surface area contributed by atoms with Crippen molar-refractivity contribution in [2.45, 2.75) is 19.4 Å². The molecule has 1 atom stereocenters. The van der Waals surface area contributed by atoms with Gasteiger partial charge < -0.3 is 19.7 Å². The van der Waals surface area contributed by atoms with E-state index in [0.29, 0.717) is 36.7 Å². The van der Waals surface area contributed by atoms with E-state index in [9.17, 15) is 19.7 Å². The minimum atomic E-state index is -0.622. The van der Waals surface area contributed by atoms with Crippen molar-refractivity contribution in [3.8, 4) is 11.5 Å². The van der Waals surface area contributed by atoms with Crippen LogP contribution in [-0.4, -0.2) is 36.0 Å². The molecule has 0 fully saturated rings. The van der Waals surface area contributed by atoms with Crippen molar-refractivity contribution in [2.75, 3.05) is 23.4 Å². The number of rotatable bonds is 8. The zero-order valence-electron chi connectivity index (χ0n) is 18.5. The lowest BCUT2D eigenvalue weighted by atomic mass is 10.1. The Balaban J connectivity index is 1.45. The molecule has 0 radical (unpaired) electrons. The molecule has 1 aliphatic rings. The molecular weight excluding hydrogens is 438 g/mol. The number of nitro benzene ring substituents is 1. The van der Waals surface area contributed by atoms with E-state index in [-0.39, 0.29) is 17.2 Å². The summed E-state index contributed by atoms with van der Waals surface area (Å²) in [7, 11) is 0. The standard InChI is InChI=1S/C25H23N3O6/c1-17-25(30)27(14-5-15-33-21-6-3-2-4-7-21)22-16-19(10-13-23(22)34-17)26-24(29)18-8-11-20(12-9-18)28(31)32/h2-4,6-13,16-17H,5,14-15H2,1H3,(H,26,29). The highest BCUT2D eigenvalue weighted by Gasteiger charge is 2.31. The molecule has 4 rings (SSSR count). The van der Waals surface area contributed by atoms with Crippen molar-refractivity contribution in [3.63, 3.8) is 0 Å². The van der Waals surface area contributed by atoms with E-state index >= 15 is 0 Å². The Hall–Kier alpha value is -4.40. The topological polar surface area (TPSA) is 111 Å². The van der Waals surface area contributed by atoms with Crippen LogP contribution in [0.25, 0.3) is 0 Å². The van der Waals surface area contributed by atoms with Crippen LogP contribution < -0.4 is 19.7 Å². The van der Waals surface area contributed by atoms with Gasteiger partial charge in [-0.15, -0.1) is 0 Å². The first kappa shape index (κ1) is 22.8. The summed E-state index contributed by atoms with van der Waals surface area (Å²) in [4.78, 5) is 37.3. The lowest BCUT2D eigenvalue weighted by Gasteiger charge is -2.33. The monoisotopic (exact) mass is 461 g/mol. The third-order valence-electron chi connectivity index (χ3n) is 5.30. The number of nitrogens with one attached hydrogen (secondary N) is 1. The van der Waals surface area contributed by atoms with Gasteiger partial charge in [0.25, 0.3) is 17.5 Å². The smallest absolute Gasteiger partial charge is 0.269 e. The number of ether oxygens (including phenoxy) is 2. The van der Waals surface area contributed by atoms with Gasteiger partial charge in [0.15, 0.2) is 6.10 Å². The maximum Gasteiger partial charge on any atom is 0.269 e. The molecule has 1 N–H and O–H groups in total. The first-order chi connectivity index (χ1) is 16.4. The van der Waals surface area contributed by atoms with E-state index in [1.807, 2.05) is 30.3 Å². The molecule has 174 valence electrons. The van der Waals surface area contributed by atoms with Gasteiger partial charge in [0.2, 0.25) is 0 Å². The Morgan fingerprint density at radius 2 is 1.85 bits per heavy atom. The molecule has 1 unspecified atom stereocenters. The molecule has 1 aliphatic heterocycles. The van der Waals surface area contributed by atoms with Gasteiger partial charge in [-0.05, 0) is 55.8 Å². The predicted molar refractivity (Wildman–Crippen MR) is 126 cm³/mol. The number of fused-ring (bicyclic) bond motifs is 1. The van der Waals surface area contributed by atoms with E-state index in [2.05, 4.69) is 5.32 Å². The first-order valence-electron chi connectivity index (χ1n) is 10.8. The van der Waals surface area contributed by atoms with Gasteiger partial charge in [-0.25, -0.2) is 0 Å². The number of carbonyl (C=O) groups is 2. The Bertz CT molecular complexity index is 1200. The quantitative estimate of drug-likeness (QED) is 0.302. The van der Waals surface area contributed by atoms with Crippen molar-refractivity contribution in [3.05, 3.63) is 88.5 Å². The Labute approximate surface area is 196 Å². The summed E-state index contributed by atoms with van der Waals surface area (Å²) in [5, 5.41) is 13.6. The molecule has 0 aromatic heterocycles. The fourth-order valence-corrected chi connectivity index (χ4v) is 3.58. The van der Waals surface area contributed by atoms with Crippen LogP contribution in [0.5, 0.6) is 11.5 Å². The second-order valence-corrected chi connectivity index (χ2v) is 7.71. The van der Waals surface area contributed by atoms with Gasteiger partial charge in [-0.3, -0.25) is 19.7 Å². The van der Waals surface area contributed by atoms with E-state index in [1.54, 1.807) is 30.0 Å². The highest BCUT2D eigenvalue weighted by Crippen LogP contribution is 2.36. The lowest BCUT2D eigenvalue weighted by molar-refractivity contribution is -0.384. The summed E-state index contributed by atoms with van der Waals surface area (Å²) in [6, 6.07) is 19.8. The summed E-state index contributed by atoms with van der Waals surface area (Å²) in [6.07, 6.45) is -0.0188. The Morgan fingerprint density at radius 3 is 2.56 bits per heavy atom. The van der Waals surface area contributed by atoms with Gasteiger partial charge in [-0.1, -0.05) is 18.2 Å². The van der Waals surface area contributed by atoms with Crippen molar-refractivity contribution < 1.29 is 24.0 Å². The molecule has 9 heteroatoms. The fourth-order valence-electron chi connectivity index (χ4n) is 3.58. The molecule has 3 aromatic carbocycles. The fraction of sp³-hybridized carbons (Fsp3) is 0.200. The van der Waals surface area contributed by atoms with Gasteiger partial charge in [-0.2, -0.15) is 0 Å². The lowest BCUT2D eigenvalue weighted by Crippen LogP contribution is -2.45. The third kappa shape index (κ3) is 5.15. The number of benzene rings is 3. The normalized spacial score (nSPS) is 14.7. The van der Waals surface area contributed by atoms with Crippen LogP contribution in [0.15, 0.2) is 72.8 Å². The molecule has 0 spiro atoms. The number of nitrogens with zero attached hydrogens (tertiary/aromatic N) is 2. The zero-order valence-corrected chi connectivity index (χ0v) is 18.5. The maximum absolute atomic E-state index is 12.8. The molecule has 0 saturated heterocycles. The molecule has 3 aromatic rings. The maximum atomic E-state index is 12.8. The molecule has 0 saturated carbocycles. The highest BCUT2D eigenvalue weighted by molar-refractivity contribution is 6.05. The van der Waals surface area contributed by atoms with Crippen molar-refractivity contribution in [1.29, 1.82) is 0 Å². The summed E-state index contributed by atoms with van der Waals surface area (Å²) in [6.45, 7) is 2.56. The van der Waals surface area contributed by atoms with Gasteiger partial charge in [0.1, 0.15) is 11.5 Å². The van der Waals surface area contributed by atoms with E-state index < -0.39 is 16.9 Å². The van der Waals surface area contributed by atoms with Crippen LogP contribution in [0.3, 0.4) is 0 Å². The average molecular weight is 461 g/mol. The molecule has 2 amide bonds. The number of para-hydroxylation sites is 1. The second kappa shape index (κ2) is 10.0. The van der Waals surface area contributed by atoms with Crippen LogP contribution in [0.4, 0.5) is 17.1 Å². The van der Waals surface area contributed by atoms with Crippen LogP contribution in [0.2, 0.25) is 0 Å². The van der Waals surface area contributed by atoms with Crippen molar-refractivity contribution >= 4 is 28.9 Å². The summed E-state index contributed by atoms with van der Waals surface area (Å²) in [5.74, 6) is 0.713. The van der Waals surface area contributed by atoms with Crippen molar-refractivity contribution in [1.82, 2.24) is 0 Å². The van der Waals surface area contributed by atoms with Crippen LogP contribution in [0.1, 0.15) is 23.7 Å². The SMILES string of the molecule is CC1Oc2ccc(NC(=O)c3ccc([N+](=O)[O-])cc3)cc2N(CCCOc2ccccc2)C1=O. The predicted octanol–water partition coefficient (Wildman–Crippen LogP) is 4.43. The second-order valence-electron chi connectivity index (χ2n) is 7.71. The summed E-state index contributed by atoms with van der Waals surface area (Å²) < 4.78 is 11.5. The van der Waals surface area contributed by atoms with Gasteiger partial charge in [0.05, 0.1) is 17.2 Å². The zero-order chi connectivity index (χ0) is 24.1. The molecule has 9 nitrogen and oxygen atoms in total. The largest absolute Gasteiger partial charge is 0.494 e. The molecule has 0 bridgehead atoms. The Kier molecular flexibility index (Phi) is 6.72. The average Bonchev–Trinajstić information content (AvgIpc) is 2.85. The third-order valence-corrected chi connectivity index (χ3v) is 5.30. The van der Waals surface area contributed by atoms with Gasteiger partial charge >= 0.3 is 0 Å². The summed E-state index contributed by atoms with van der Waals surface area (Å²) in [5.41, 5.74) is 1.21. The number of non-ortho nitro benzene ring substituents is 1. The molecular formula is C25H23N3O6. The number of hydrogen-bond donors (Lipinski definition) is 1. The number of hydrogen-bond acceptors (Lipinski definition) is 6. The number of amides is 2. The first-order valence-corrected chi connectivity index (χ1v) is 10.8. The van der Waals surface area contributed by atoms with Crippen molar-refractivity contribution in [2.24, 2.45) is 0 Å².